The molecule has 6 rings (SSSR count). The van der Waals surface area contributed by atoms with E-state index in [0.29, 0.717) is 37.5 Å². The van der Waals surface area contributed by atoms with Crippen molar-refractivity contribution in [3.8, 4) is 0 Å². The van der Waals surface area contributed by atoms with Gasteiger partial charge in [-0.2, -0.15) is 0 Å². The van der Waals surface area contributed by atoms with Crippen LogP contribution in [-0.2, 0) is 27.4 Å². The number of allylic oxidation sites excluding steroid dienone is 3. The number of aliphatic hydroxyl groups is 1. The molecule has 10 heteroatoms. The first-order chi connectivity index (χ1) is 19.4. The predicted octanol–water partition coefficient (Wildman–Crippen LogP) is 3.25. The van der Waals surface area contributed by atoms with Crippen LogP contribution in [0.5, 0.6) is 0 Å². The molecule has 1 aliphatic carbocycles. The smallest absolute Gasteiger partial charge is 0.245 e. The number of aliphatic hydroxyl groups excluding tert-OH is 1. The first kappa shape index (κ1) is 27.0. The summed E-state index contributed by atoms with van der Waals surface area (Å²) in [5.74, 6) is 0.155. The number of nitrogens with one attached hydrogen (secondary N) is 1. The zero-order valence-corrected chi connectivity index (χ0v) is 23.2. The fraction of sp³-hybridized carbons (Fsp3) is 0.400. The van der Waals surface area contributed by atoms with Crippen molar-refractivity contribution in [2.75, 3.05) is 20.1 Å². The molecule has 0 spiro atoms. The van der Waals surface area contributed by atoms with Crippen LogP contribution in [0.2, 0.25) is 5.02 Å². The van der Waals surface area contributed by atoms with Crippen molar-refractivity contribution in [2.45, 2.75) is 50.6 Å². The molecule has 2 aromatic rings. The van der Waals surface area contributed by atoms with E-state index in [1.165, 1.54) is 5.56 Å². The molecule has 0 saturated carbocycles. The maximum absolute atomic E-state index is 13.9. The molecule has 0 bridgehead atoms. The van der Waals surface area contributed by atoms with Crippen molar-refractivity contribution < 1.29 is 19.4 Å². The van der Waals surface area contributed by atoms with Gasteiger partial charge in [-0.3, -0.25) is 14.9 Å². The van der Waals surface area contributed by atoms with E-state index >= 15 is 0 Å². The molecule has 2 aromatic carbocycles. The Kier molecular flexibility index (Phi) is 7.65. The van der Waals surface area contributed by atoms with Crippen LogP contribution in [0.25, 0.3) is 0 Å². The quantitative estimate of drug-likeness (QED) is 0.453. The largest absolute Gasteiger partial charge is 0.508 e. The Labute approximate surface area is 239 Å². The Morgan fingerprint density at radius 3 is 2.67 bits per heavy atom. The second-order valence-electron chi connectivity index (χ2n) is 10.9. The average Bonchev–Trinajstić information content (AvgIpc) is 3.66. The van der Waals surface area contributed by atoms with Crippen LogP contribution in [0.1, 0.15) is 24.0 Å². The van der Waals surface area contributed by atoms with E-state index < -0.39 is 6.04 Å². The van der Waals surface area contributed by atoms with Gasteiger partial charge in [-0.05, 0) is 54.2 Å². The van der Waals surface area contributed by atoms with Crippen LogP contribution in [0, 0.1) is 5.92 Å². The number of carbonyl (C=O) groups excluding carboxylic acids is 2. The van der Waals surface area contributed by atoms with E-state index in [0.717, 1.165) is 5.56 Å². The minimum absolute atomic E-state index is 0.0505. The monoisotopic (exact) mass is 563 g/mol. The van der Waals surface area contributed by atoms with Gasteiger partial charge in [0.25, 0.3) is 0 Å². The van der Waals surface area contributed by atoms with Crippen molar-refractivity contribution in [3.05, 3.63) is 94.7 Å². The minimum atomic E-state index is -0.598. The highest BCUT2D eigenvalue weighted by molar-refractivity contribution is 6.30. The maximum atomic E-state index is 13.9. The van der Waals surface area contributed by atoms with Gasteiger partial charge in [-0.25, -0.2) is 10.0 Å². The van der Waals surface area contributed by atoms with Crippen molar-refractivity contribution in [3.63, 3.8) is 0 Å². The number of hydrogen-bond acceptors (Lipinski definition) is 7. The molecule has 210 valence electrons. The third-order valence-electron chi connectivity index (χ3n) is 8.12. The first-order valence-electron chi connectivity index (χ1n) is 13.7. The molecule has 9 nitrogen and oxygen atoms in total. The molecule has 2 N–H and O–H groups in total. The van der Waals surface area contributed by atoms with Gasteiger partial charge in [-0.15, -0.1) is 0 Å². The zero-order valence-electron chi connectivity index (χ0n) is 22.4. The van der Waals surface area contributed by atoms with Crippen molar-refractivity contribution in [1.29, 1.82) is 0 Å². The average molecular weight is 564 g/mol. The molecule has 40 heavy (non-hydrogen) atoms. The molecular weight excluding hydrogens is 530 g/mol. The van der Waals surface area contributed by atoms with Crippen molar-refractivity contribution in [2.24, 2.45) is 5.92 Å². The maximum Gasteiger partial charge on any atom is 0.245 e. The van der Waals surface area contributed by atoms with Gasteiger partial charge >= 0.3 is 0 Å². The van der Waals surface area contributed by atoms with E-state index in [-0.39, 0.29) is 48.7 Å². The van der Waals surface area contributed by atoms with Crippen LogP contribution in [-0.4, -0.2) is 81.5 Å². The van der Waals surface area contributed by atoms with Crippen LogP contribution in [0.3, 0.4) is 0 Å². The topological polar surface area (TPSA) is 91.9 Å². The number of amides is 2. The highest BCUT2D eigenvalue weighted by atomic mass is 35.5. The Bertz CT molecular complexity index is 1320. The van der Waals surface area contributed by atoms with E-state index in [1.807, 2.05) is 70.5 Å². The van der Waals surface area contributed by atoms with Gasteiger partial charge in [0, 0.05) is 25.2 Å². The third kappa shape index (κ3) is 5.66. The number of fused-ring (bicyclic) bond motifs is 1. The van der Waals surface area contributed by atoms with Crippen molar-refractivity contribution >= 4 is 23.4 Å². The molecule has 3 aliphatic heterocycles. The Hall–Kier alpha value is -3.21. The number of nitrogens with zero attached hydrogens (tertiary/aromatic N) is 4. The van der Waals surface area contributed by atoms with Gasteiger partial charge in [0.2, 0.25) is 11.8 Å². The molecule has 0 aromatic heterocycles. The fourth-order valence-electron chi connectivity index (χ4n) is 5.96. The summed E-state index contributed by atoms with van der Waals surface area (Å²) in [4.78, 5) is 31.0. The van der Waals surface area contributed by atoms with Gasteiger partial charge in [-0.1, -0.05) is 60.1 Å². The summed E-state index contributed by atoms with van der Waals surface area (Å²) in [7, 11) is 1.94. The van der Waals surface area contributed by atoms with Crippen molar-refractivity contribution in [1.82, 2.24) is 25.1 Å². The molecule has 4 aliphatic rings. The lowest BCUT2D eigenvalue weighted by Crippen LogP contribution is -2.64. The summed E-state index contributed by atoms with van der Waals surface area (Å²) in [6, 6.07) is 17.1. The molecule has 5 atom stereocenters. The molecule has 2 amide bonds. The van der Waals surface area contributed by atoms with Crippen LogP contribution < -0.4 is 5.32 Å². The van der Waals surface area contributed by atoms with Gasteiger partial charge in [0.1, 0.15) is 18.0 Å². The Morgan fingerprint density at radius 2 is 1.93 bits per heavy atom. The number of piperazine rings is 1. The van der Waals surface area contributed by atoms with E-state index in [9.17, 15) is 14.7 Å². The van der Waals surface area contributed by atoms with E-state index in [2.05, 4.69) is 17.4 Å². The Morgan fingerprint density at radius 1 is 1.12 bits per heavy atom. The normalized spacial score (nSPS) is 28.3. The van der Waals surface area contributed by atoms with Gasteiger partial charge < -0.3 is 19.6 Å². The van der Waals surface area contributed by atoms with Gasteiger partial charge in [0.15, 0.2) is 12.5 Å². The van der Waals surface area contributed by atoms with E-state index in [4.69, 9.17) is 16.3 Å². The molecule has 3 unspecified atom stereocenters. The molecule has 3 fully saturated rings. The number of hydrazine groups is 1. The summed E-state index contributed by atoms with van der Waals surface area (Å²) < 4.78 is 5.95. The highest BCUT2D eigenvalue weighted by Crippen LogP contribution is 2.35. The molecule has 3 heterocycles. The summed E-state index contributed by atoms with van der Waals surface area (Å²) in [6.45, 7) is 1.66. The zero-order chi connectivity index (χ0) is 27.8. The molecular formula is C30H34ClN5O4. The number of ether oxygens (including phenoxy) is 1. The predicted molar refractivity (Wildman–Crippen MR) is 150 cm³/mol. The number of carbonyl (C=O) groups is 2. The number of epoxide rings is 1. The van der Waals surface area contributed by atoms with Crippen LogP contribution in [0.15, 0.2) is 78.6 Å². The first-order valence-corrected chi connectivity index (χ1v) is 14.1. The second-order valence-corrected chi connectivity index (χ2v) is 11.3. The lowest BCUT2D eigenvalue weighted by atomic mass is 9.90. The van der Waals surface area contributed by atoms with Crippen LogP contribution in [0.4, 0.5) is 0 Å². The SMILES string of the molecule is CN(C1OC1NCc1ccccc1)N1CC(=O)N2[C@@H](CC3C=CC(O)=CC3)C(=O)N(Cc3cccc(Cl)c3)C[C@@H]21. The highest BCUT2D eigenvalue weighted by Gasteiger charge is 2.54. The summed E-state index contributed by atoms with van der Waals surface area (Å²) in [6.07, 6.45) is 5.81. The lowest BCUT2D eigenvalue weighted by Gasteiger charge is -2.46. The Balaban J connectivity index is 1.19. The van der Waals surface area contributed by atoms with Crippen LogP contribution >= 0.6 is 11.6 Å². The molecule has 3 saturated heterocycles. The minimum Gasteiger partial charge on any atom is -0.508 e. The standard InChI is InChI=1S/C30H34ClN5O4/c1-33(30-28(40-30)32-16-21-6-3-2-4-7-21)35-19-27(38)36-25(15-20-10-12-24(37)13-11-20)29(39)34(18-26(35)36)17-22-8-5-9-23(31)14-22/h2-10,12-14,20,25-26,28,30,32,37H,11,15-19H2,1H3/t20?,25-,26+,28?,30?/m0/s1. The van der Waals surface area contributed by atoms with Gasteiger partial charge in [0.05, 0.1) is 13.1 Å². The number of hydrogen-bond donors (Lipinski definition) is 2. The second kappa shape index (κ2) is 11.3. The number of halogens is 1. The lowest BCUT2D eigenvalue weighted by molar-refractivity contribution is -0.161. The number of benzene rings is 2. The number of likely N-dealkylation sites (N-methyl/N-ethyl adjacent to an activating group) is 1. The number of rotatable bonds is 9. The molecule has 0 radical (unpaired) electrons. The third-order valence-corrected chi connectivity index (χ3v) is 8.35. The summed E-state index contributed by atoms with van der Waals surface area (Å²) in [5.41, 5.74) is 2.12. The fourth-order valence-corrected chi connectivity index (χ4v) is 6.18. The van der Waals surface area contributed by atoms with E-state index in [1.54, 1.807) is 17.1 Å². The summed E-state index contributed by atoms with van der Waals surface area (Å²) in [5, 5.41) is 17.9. The summed E-state index contributed by atoms with van der Waals surface area (Å²) >= 11 is 6.24.